The molecular weight excluding hydrogens is 203 g/mol. The quantitative estimate of drug-likeness (QED) is 0.851. The molecule has 0 saturated carbocycles. The molecule has 2 N–H and O–H groups in total. The van der Waals surface area contributed by atoms with Crippen molar-refractivity contribution < 1.29 is 4.39 Å². The number of nitrogens with zero attached hydrogens (tertiary/aromatic N) is 1. The Hall–Kier alpha value is -1.09. The topological polar surface area (TPSA) is 29.3 Å². The average molecular weight is 224 g/mol. The van der Waals surface area contributed by atoms with Crippen molar-refractivity contribution in [3.05, 3.63) is 29.6 Å². The van der Waals surface area contributed by atoms with E-state index < -0.39 is 0 Å². The maximum atomic E-state index is 13.9. The molecule has 0 aliphatic heterocycles. The zero-order valence-corrected chi connectivity index (χ0v) is 10.5. The number of nitrogens with two attached hydrogens (primary N) is 1. The fourth-order valence-corrected chi connectivity index (χ4v) is 1.98. The second-order valence-corrected chi connectivity index (χ2v) is 4.35. The van der Waals surface area contributed by atoms with Crippen LogP contribution >= 0.6 is 0 Å². The van der Waals surface area contributed by atoms with Crippen molar-refractivity contribution in [3.63, 3.8) is 0 Å². The smallest absolute Gasteiger partial charge is 0.146 e. The molecule has 0 unspecified atom stereocenters. The summed E-state index contributed by atoms with van der Waals surface area (Å²) in [5.41, 5.74) is 7.40. The standard InChI is InChI=1S/C13H21FN2/c1-5-16(9(2)3)13-11(10(4)15)7-6-8-12(13)14/h6-10H,5,15H2,1-4H3/t10-/m1/s1. The number of benzene rings is 1. The Labute approximate surface area is 97.3 Å². The number of anilines is 1. The largest absolute Gasteiger partial charge is 0.367 e. The average Bonchev–Trinajstić information content (AvgIpc) is 2.20. The van der Waals surface area contributed by atoms with Crippen LogP contribution in [0, 0.1) is 5.82 Å². The van der Waals surface area contributed by atoms with Crippen LogP contribution in [0.25, 0.3) is 0 Å². The van der Waals surface area contributed by atoms with E-state index in [2.05, 4.69) is 13.8 Å². The van der Waals surface area contributed by atoms with Gasteiger partial charge in [-0.3, -0.25) is 0 Å². The lowest BCUT2D eigenvalue weighted by Gasteiger charge is -2.30. The molecule has 1 aromatic rings. The number of para-hydroxylation sites is 1. The van der Waals surface area contributed by atoms with Gasteiger partial charge in [-0.05, 0) is 39.3 Å². The molecule has 16 heavy (non-hydrogen) atoms. The molecule has 0 fully saturated rings. The lowest BCUT2D eigenvalue weighted by atomic mass is 10.0. The first-order valence-electron chi connectivity index (χ1n) is 5.79. The number of rotatable bonds is 4. The SMILES string of the molecule is CCN(c1c(F)cccc1[C@@H](C)N)C(C)C. The van der Waals surface area contributed by atoms with E-state index in [1.165, 1.54) is 6.07 Å². The molecule has 1 atom stereocenters. The third-order valence-electron chi connectivity index (χ3n) is 2.76. The van der Waals surface area contributed by atoms with Crippen molar-refractivity contribution in [2.24, 2.45) is 5.73 Å². The fraction of sp³-hybridized carbons (Fsp3) is 0.538. The minimum absolute atomic E-state index is 0.154. The van der Waals surface area contributed by atoms with Crippen molar-refractivity contribution in [1.82, 2.24) is 0 Å². The predicted molar refractivity (Wildman–Crippen MR) is 67.2 cm³/mol. The van der Waals surface area contributed by atoms with Gasteiger partial charge in [-0.25, -0.2) is 4.39 Å². The molecule has 0 bridgehead atoms. The van der Waals surface area contributed by atoms with Gasteiger partial charge in [-0.1, -0.05) is 12.1 Å². The zero-order chi connectivity index (χ0) is 12.3. The number of hydrogen-bond donors (Lipinski definition) is 1. The van der Waals surface area contributed by atoms with E-state index in [-0.39, 0.29) is 17.9 Å². The van der Waals surface area contributed by atoms with Gasteiger partial charge in [0.15, 0.2) is 0 Å². The van der Waals surface area contributed by atoms with Crippen LogP contribution in [0.2, 0.25) is 0 Å². The Balaban J connectivity index is 3.28. The molecule has 90 valence electrons. The van der Waals surface area contributed by atoms with Gasteiger partial charge in [-0.2, -0.15) is 0 Å². The molecule has 3 heteroatoms. The predicted octanol–water partition coefficient (Wildman–Crippen LogP) is 3.08. The van der Waals surface area contributed by atoms with E-state index in [0.717, 1.165) is 12.1 Å². The fourth-order valence-electron chi connectivity index (χ4n) is 1.98. The van der Waals surface area contributed by atoms with Crippen molar-refractivity contribution in [2.75, 3.05) is 11.4 Å². The van der Waals surface area contributed by atoms with Gasteiger partial charge in [0.25, 0.3) is 0 Å². The van der Waals surface area contributed by atoms with E-state index in [4.69, 9.17) is 5.73 Å². The van der Waals surface area contributed by atoms with Crippen LogP contribution in [0.3, 0.4) is 0 Å². The first-order valence-corrected chi connectivity index (χ1v) is 5.79. The summed E-state index contributed by atoms with van der Waals surface area (Å²) in [5.74, 6) is -0.189. The minimum Gasteiger partial charge on any atom is -0.367 e. The normalized spacial score (nSPS) is 12.9. The summed E-state index contributed by atoms with van der Waals surface area (Å²) in [6.07, 6.45) is 0. The summed E-state index contributed by atoms with van der Waals surface area (Å²) in [4.78, 5) is 2.04. The second kappa shape index (κ2) is 5.30. The molecule has 0 aromatic heterocycles. The van der Waals surface area contributed by atoms with Gasteiger partial charge in [-0.15, -0.1) is 0 Å². The molecular formula is C13H21FN2. The molecule has 0 radical (unpaired) electrons. The maximum absolute atomic E-state index is 13.9. The third-order valence-corrected chi connectivity index (χ3v) is 2.76. The van der Waals surface area contributed by atoms with Crippen LogP contribution in [0.15, 0.2) is 18.2 Å². The summed E-state index contributed by atoms with van der Waals surface area (Å²) >= 11 is 0. The molecule has 0 aliphatic carbocycles. The molecule has 1 aromatic carbocycles. The van der Waals surface area contributed by atoms with Crippen molar-refractivity contribution in [3.8, 4) is 0 Å². The molecule has 0 heterocycles. The summed E-state index contributed by atoms with van der Waals surface area (Å²) in [6.45, 7) is 8.80. The monoisotopic (exact) mass is 224 g/mol. The summed E-state index contributed by atoms with van der Waals surface area (Å²) in [6, 6.07) is 5.21. The van der Waals surface area contributed by atoms with Crippen LogP contribution in [0.4, 0.5) is 10.1 Å². The molecule has 0 amide bonds. The summed E-state index contributed by atoms with van der Waals surface area (Å²) < 4.78 is 13.9. The Bertz CT molecular complexity index is 348. The van der Waals surface area contributed by atoms with Crippen LogP contribution in [-0.2, 0) is 0 Å². The second-order valence-electron chi connectivity index (χ2n) is 4.35. The van der Waals surface area contributed by atoms with Crippen molar-refractivity contribution in [1.29, 1.82) is 0 Å². The van der Waals surface area contributed by atoms with Gasteiger partial charge < -0.3 is 10.6 Å². The highest BCUT2D eigenvalue weighted by Gasteiger charge is 2.18. The first-order chi connectivity index (χ1) is 7.49. The minimum atomic E-state index is -0.189. The van der Waals surface area contributed by atoms with Crippen molar-refractivity contribution in [2.45, 2.75) is 39.8 Å². The third kappa shape index (κ3) is 2.53. The van der Waals surface area contributed by atoms with Crippen LogP contribution in [-0.4, -0.2) is 12.6 Å². The van der Waals surface area contributed by atoms with Gasteiger partial charge in [0.05, 0.1) is 5.69 Å². The van der Waals surface area contributed by atoms with Gasteiger partial charge in [0.1, 0.15) is 5.82 Å². The van der Waals surface area contributed by atoms with E-state index >= 15 is 0 Å². The van der Waals surface area contributed by atoms with Gasteiger partial charge >= 0.3 is 0 Å². The zero-order valence-electron chi connectivity index (χ0n) is 10.5. The first kappa shape index (κ1) is 13.0. The summed E-state index contributed by atoms with van der Waals surface area (Å²) in [7, 11) is 0. The Kier molecular flexibility index (Phi) is 4.30. The van der Waals surface area contributed by atoms with Crippen molar-refractivity contribution >= 4 is 5.69 Å². The Morgan fingerprint density at radius 2 is 1.94 bits per heavy atom. The van der Waals surface area contributed by atoms with E-state index in [1.807, 2.05) is 24.8 Å². The van der Waals surface area contributed by atoms with Crippen LogP contribution in [0.1, 0.15) is 39.3 Å². The van der Waals surface area contributed by atoms with E-state index in [9.17, 15) is 4.39 Å². The van der Waals surface area contributed by atoms with Crippen LogP contribution in [0.5, 0.6) is 0 Å². The van der Waals surface area contributed by atoms with Crippen LogP contribution < -0.4 is 10.6 Å². The molecule has 0 spiro atoms. The molecule has 1 rings (SSSR count). The maximum Gasteiger partial charge on any atom is 0.146 e. The lowest BCUT2D eigenvalue weighted by Crippen LogP contribution is -2.32. The molecule has 0 aliphatic rings. The highest BCUT2D eigenvalue weighted by atomic mass is 19.1. The highest BCUT2D eigenvalue weighted by Crippen LogP contribution is 2.29. The van der Waals surface area contributed by atoms with E-state index in [0.29, 0.717) is 5.69 Å². The Morgan fingerprint density at radius 3 is 2.38 bits per heavy atom. The summed E-state index contributed by atoms with van der Waals surface area (Å²) in [5, 5.41) is 0. The van der Waals surface area contributed by atoms with Gasteiger partial charge in [0, 0.05) is 18.6 Å². The molecule has 0 saturated heterocycles. The highest BCUT2D eigenvalue weighted by molar-refractivity contribution is 5.56. The Morgan fingerprint density at radius 1 is 1.31 bits per heavy atom. The molecule has 2 nitrogen and oxygen atoms in total. The number of hydrogen-bond acceptors (Lipinski definition) is 2. The van der Waals surface area contributed by atoms with Gasteiger partial charge in [0.2, 0.25) is 0 Å². The number of halogens is 1. The lowest BCUT2D eigenvalue weighted by molar-refractivity contribution is 0.597. The van der Waals surface area contributed by atoms with E-state index in [1.54, 1.807) is 6.07 Å².